The van der Waals surface area contributed by atoms with Crippen LogP contribution in [0.4, 0.5) is 18.0 Å². The van der Waals surface area contributed by atoms with Gasteiger partial charge in [-0.15, -0.1) is 0 Å². The lowest BCUT2D eigenvalue weighted by Crippen LogP contribution is -2.57. The second-order valence-corrected chi connectivity index (χ2v) is 6.99. The molecule has 1 fully saturated rings. The van der Waals surface area contributed by atoms with Crippen molar-refractivity contribution in [3.8, 4) is 0 Å². The molecule has 1 N–H and O–H groups in total. The first-order valence-corrected chi connectivity index (χ1v) is 9.06. The number of fused-ring (bicyclic) bond motifs is 1. The van der Waals surface area contributed by atoms with Crippen molar-refractivity contribution in [1.82, 2.24) is 29.9 Å². The molecule has 0 saturated carbocycles. The summed E-state index contributed by atoms with van der Waals surface area (Å²) in [6, 6.07) is -0.784. The number of nitrogens with zero attached hydrogens (tertiary/aromatic N) is 5. The van der Waals surface area contributed by atoms with Crippen molar-refractivity contribution in [2.45, 2.75) is 57.9 Å². The Morgan fingerprint density at radius 1 is 1.31 bits per heavy atom. The van der Waals surface area contributed by atoms with E-state index < -0.39 is 12.7 Å². The molecule has 26 heavy (non-hydrogen) atoms. The summed E-state index contributed by atoms with van der Waals surface area (Å²) in [7, 11) is 0. The van der Waals surface area contributed by atoms with Gasteiger partial charge in [-0.25, -0.2) is 14.5 Å². The Labute approximate surface area is 150 Å². The van der Waals surface area contributed by atoms with Gasteiger partial charge in [0, 0.05) is 38.6 Å². The fourth-order valence-electron chi connectivity index (χ4n) is 3.57. The molecule has 0 bridgehead atoms. The number of rotatable bonds is 3. The van der Waals surface area contributed by atoms with E-state index in [0.717, 1.165) is 37.5 Å². The number of carbonyl (C=O) groups is 1. The number of nitrogens with one attached hydrogen (secondary N) is 1. The van der Waals surface area contributed by atoms with Crippen LogP contribution in [0.1, 0.15) is 44.4 Å². The van der Waals surface area contributed by atoms with Gasteiger partial charge in [0.05, 0.1) is 12.6 Å². The Morgan fingerprint density at radius 3 is 2.73 bits per heavy atom. The number of halogens is 3. The predicted octanol–water partition coefficient (Wildman–Crippen LogP) is 1.95. The first-order chi connectivity index (χ1) is 12.3. The molecule has 146 valence electrons. The lowest BCUT2D eigenvalue weighted by molar-refractivity contribution is -0.153. The zero-order chi connectivity index (χ0) is 18.9. The molecule has 2 aliphatic heterocycles. The van der Waals surface area contributed by atoms with Gasteiger partial charge in [0.25, 0.3) is 0 Å². The third-order valence-electron chi connectivity index (χ3n) is 4.97. The van der Waals surface area contributed by atoms with Crippen LogP contribution in [0.2, 0.25) is 0 Å². The average Bonchev–Trinajstić information content (AvgIpc) is 3.00. The fourth-order valence-corrected chi connectivity index (χ4v) is 3.57. The third kappa shape index (κ3) is 4.28. The molecular formula is C16H25F3N6O. The number of carbonyl (C=O) groups excluding carboxylic acids is 1. The number of aromatic nitrogens is 3. The average molecular weight is 374 g/mol. The highest BCUT2D eigenvalue weighted by atomic mass is 19.4. The summed E-state index contributed by atoms with van der Waals surface area (Å²) in [5.41, 5.74) is 0. The molecule has 0 aliphatic carbocycles. The Hall–Kier alpha value is -1.84. The van der Waals surface area contributed by atoms with Crippen LogP contribution in [-0.2, 0) is 13.0 Å². The lowest BCUT2D eigenvalue weighted by Gasteiger charge is -2.40. The summed E-state index contributed by atoms with van der Waals surface area (Å²) < 4.78 is 39.6. The van der Waals surface area contributed by atoms with Gasteiger partial charge < -0.3 is 10.2 Å². The minimum Gasteiger partial charge on any atom is -0.328 e. The van der Waals surface area contributed by atoms with E-state index in [1.165, 1.54) is 4.90 Å². The van der Waals surface area contributed by atoms with Crippen LogP contribution < -0.4 is 5.32 Å². The van der Waals surface area contributed by atoms with Gasteiger partial charge in [-0.05, 0) is 19.8 Å². The summed E-state index contributed by atoms with van der Waals surface area (Å²) >= 11 is 0. The van der Waals surface area contributed by atoms with E-state index in [-0.39, 0.29) is 37.7 Å². The first-order valence-electron chi connectivity index (χ1n) is 9.06. The number of amides is 2. The highest BCUT2D eigenvalue weighted by Crippen LogP contribution is 2.24. The van der Waals surface area contributed by atoms with Gasteiger partial charge in [-0.3, -0.25) is 4.90 Å². The van der Waals surface area contributed by atoms with E-state index in [0.29, 0.717) is 0 Å². The molecule has 3 heterocycles. The monoisotopic (exact) mass is 374 g/mol. The normalized spacial score (nSPS) is 24.4. The van der Waals surface area contributed by atoms with Crippen molar-refractivity contribution < 1.29 is 18.0 Å². The van der Waals surface area contributed by atoms with Crippen LogP contribution in [0, 0.1) is 0 Å². The molecule has 10 heteroatoms. The van der Waals surface area contributed by atoms with Gasteiger partial charge in [-0.1, -0.05) is 6.92 Å². The van der Waals surface area contributed by atoms with Crippen molar-refractivity contribution in [3.63, 3.8) is 0 Å². The van der Waals surface area contributed by atoms with Crippen LogP contribution in [0.25, 0.3) is 0 Å². The summed E-state index contributed by atoms with van der Waals surface area (Å²) in [6.07, 6.45) is -1.79. The van der Waals surface area contributed by atoms with Gasteiger partial charge >= 0.3 is 12.2 Å². The van der Waals surface area contributed by atoms with Crippen LogP contribution in [-0.4, -0.2) is 69.0 Å². The van der Waals surface area contributed by atoms with E-state index in [9.17, 15) is 18.0 Å². The molecule has 0 spiro atoms. The number of alkyl halides is 3. The predicted molar refractivity (Wildman–Crippen MR) is 88.6 cm³/mol. The summed E-state index contributed by atoms with van der Waals surface area (Å²) in [4.78, 5) is 20.1. The maximum absolute atomic E-state index is 12.6. The van der Waals surface area contributed by atoms with Crippen molar-refractivity contribution in [2.75, 3.05) is 26.2 Å². The molecule has 2 atom stereocenters. The van der Waals surface area contributed by atoms with Crippen molar-refractivity contribution in [1.29, 1.82) is 0 Å². The van der Waals surface area contributed by atoms with Gasteiger partial charge in [0.15, 0.2) is 5.82 Å². The Morgan fingerprint density at radius 2 is 2.08 bits per heavy atom. The van der Waals surface area contributed by atoms with E-state index in [4.69, 9.17) is 0 Å². The van der Waals surface area contributed by atoms with Crippen molar-refractivity contribution >= 4 is 6.03 Å². The molecule has 1 aromatic heterocycles. The van der Waals surface area contributed by atoms with Gasteiger partial charge in [0.1, 0.15) is 5.82 Å². The van der Waals surface area contributed by atoms with Crippen LogP contribution in [0.3, 0.4) is 0 Å². The SMILES string of the molecule is CCc1nc2n(n1)CCC[C@H]2NC(=O)N1CCN(CC(F)(F)F)[C@H](C)C1. The molecule has 0 aromatic carbocycles. The zero-order valence-electron chi connectivity index (χ0n) is 15.1. The Bertz CT molecular complexity index is 646. The third-order valence-corrected chi connectivity index (χ3v) is 4.97. The number of piperazine rings is 1. The van der Waals surface area contributed by atoms with E-state index in [1.807, 2.05) is 11.6 Å². The standard InChI is InChI=1S/C16H25F3N6O/c1-3-13-21-14-12(5-4-6-25(14)22-13)20-15(26)23-7-8-24(11(2)9-23)10-16(17,18)19/h11-12H,3-10H2,1-2H3,(H,20,26)/t11-,12-/m1/s1. The van der Waals surface area contributed by atoms with E-state index in [2.05, 4.69) is 15.4 Å². The first kappa shape index (κ1) is 18.9. The number of hydrogen-bond donors (Lipinski definition) is 1. The minimum atomic E-state index is -4.22. The molecule has 1 aromatic rings. The summed E-state index contributed by atoms with van der Waals surface area (Å²) in [5, 5.41) is 7.41. The summed E-state index contributed by atoms with van der Waals surface area (Å²) in [5.74, 6) is 1.53. The molecular weight excluding hydrogens is 349 g/mol. The molecule has 1 saturated heterocycles. The Kier molecular flexibility index (Phi) is 5.40. The quantitative estimate of drug-likeness (QED) is 0.878. The van der Waals surface area contributed by atoms with Crippen molar-refractivity contribution in [2.24, 2.45) is 0 Å². The Balaban J connectivity index is 1.59. The van der Waals surface area contributed by atoms with Crippen LogP contribution >= 0.6 is 0 Å². The number of hydrogen-bond acceptors (Lipinski definition) is 4. The molecule has 2 amide bonds. The van der Waals surface area contributed by atoms with Gasteiger partial charge in [-0.2, -0.15) is 18.3 Å². The molecule has 3 rings (SSSR count). The van der Waals surface area contributed by atoms with E-state index in [1.54, 1.807) is 11.8 Å². The number of urea groups is 1. The minimum absolute atomic E-state index is 0.201. The van der Waals surface area contributed by atoms with Crippen LogP contribution in [0.5, 0.6) is 0 Å². The second kappa shape index (κ2) is 7.42. The lowest BCUT2D eigenvalue weighted by atomic mass is 10.1. The maximum Gasteiger partial charge on any atom is 0.401 e. The highest BCUT2D eigenvalue weighted by Gasteiger charge is 2.36. The highest BCUT2D eigenvalue weighted by molar-refractivity contribution is 5.74. The molecule has 0 unspecified atom stereocenters. The topological polar surface area (TPSA) is 66.3 Å². The maximum atomic E-state index is 12.6. The van der Waals surface area contributed by atoms with Crippen molar-refractivity contribution in [3.05, 3.63) is 11.6 Å². The van der Waals surface area contributed by atoms with Crippen LogP contribution in [0.15, 0.2) is 0 Å². The molecule has 7 nitrogen and oxygen atoms in total. The second-order valence-electron chi connectivity index (χ2n) is 6.99. The number of aryl methyl sites for hydroxylation is 2. The largest absolute Gasteiger partial charge is 0.401 e. The van der Waals surface area contributed by atoms with E-state index >= 15 is 0 Å². The smallest absolute Gasteiger partial charge is 0.328 e. The van der Waals surface area contributed by atoms with Gasteiger partial charge in [0.2, 0.25) is 0 Å². The zero-order valence-corrected chi connectivity index (χ0v) is 15.1. The fraction of sp³-hybridized carbons (Fsp3) is 0.812. The molecule has 2 aliphatic rings. The molecule has 0 radical (unpaired) electrons. The summed E-state index contributed by atoms with van der Waals surface area (Å²) in [6.45, 7) is 4.34.